The molecule has 0 unspecified atom stereocenters. The van der Waals surface area contributed by atoms with Gasteiger partial charge in [-0.3, -0.25) is 4.90 Å². The van der Waals surface area contributed by atoms with Crippen molar-refractivity contribution in [1.29, 1.82) is 0 Å². The maximum atomic E-state index is 12.2. The van der Waals surface area contributed by atoms with Gasteiger partial charge in [0.2, 0.25) is 0 Å². The molecule has 0 bridgehead atoms. The van der Waals surface area contributed by atoms with Gasteiger partial charge in [-0.2, -0.15) is 0 Å². The second-order valence-corrected chi connectivity index (χ2v) is 4.70. The van der Waals surface area contributed by atoms with E-state index in [4.69, 9.17) is 16.7 Å². The van der Waals surface area contributed by atoms with Crippen LogP contribution in [-0.2, 0) is 0 Å². The molecule has 0 fully saturated rings. The van der Waals surface area contributed by atoms with Gasteiger partial charge in [-0.1, -0.05) is 35.9 Å². The van der Waals surface area contributed by atoms with Gasteiger partial charge in [0.15, 0.2) is 0 Å². The number of hydrogen-bond donors (Lipinski definition) is 2. The lowest BCUT2D eigenvalue weighted by Gasteiger charge is -2.20. The fourth-order valence-electron chi connectivity index (χ4n) is 1.82. The number of nitrogens with zero attached hydrogens (tertiary/aromatic N) is 1. The average molecular weight is 305 g/mol. The van der Waals surface area contributed by atoms with E-state index in [0.29, 0.717) is 16.4 Å². The van der Waals surface area contributed by atoms with Crippen molar-refractivity contribution in [2.45, 2.75) is 0 Å². The lowest BCUT2D eigenvalue weighted by atomic mass is 10.1. The number of carbonyl (C=O) groups is 2. The summed E-state index contributed by atoms with van der Waals surface area (Å²) in [5.74, 6) is -1.09. The van der Waals surface area contributed by atoms with E-state index < -0.39 is 12.0 Å². The Hall–Kier alpha value is -2.53. The van der Waals surface area contributed by atoms with Gasteiger partial charge >= 0.3 is 12.0 Å². The number of urea groups is 1. The topological polar surface area (TPSA) is 69.6 Å². The quantitative estimate of drug-likeness (QED) is 0.908. The van der Waals surface area contributed by atoms with Crippen molar-refractivity contribution in [2.24, 2.45) is 0 Å². The minimum Gasteiger partial charge on any atom is -0.478 e. The molecule has 0 saturated carbocycles. The molecule has 2 rings (SSSR count). The highest BCUT2D eigenvalue weighted by atomic mass is 35.5. The van der Waals surface area contributed by atoms with Crippen molar-refractivity contribution in [3.8, 4) is 0 Å². The maximum Gasteiger partial charge on any atom is 0.337 e. The van der Waals surface area contributed by atoms with Crippen molar-refractivity contribution < 1.29 is 14.7 Å². The Labute approximate surface area is 126 Å². The molecule has 2 aromatic rings. The normalized spacial score (nSPS) is 10.0. The van der Waals surface area contributed by atoms with E-state index in [-0.39, 0.29) is 5.56 Å². The molecule has 0 aliphatic rings. The van der Waals surface area contributed by atoms with Gasteiger partial charge in [-0.15, -0.1) is 0 Å². The summed E-state index contributed by atoms with van der Waals surface area (Å²) in [5.41, 5.74) is 0.813. The second kappa shape index (κ2) is 6.28. The molecule has 2 amide bonds. The molecule has 108 valence electrons. The van der Waals surface area contributed by atoms with Crippen molar-refractivity contribution >= 4 is 35.0 Å². The monoisotopic (exact) mass is 304 g/mol. The summed E-state index contributed by atoms with van der Waals surface area (Å²) in [6, 6.07) is 12.6. The third kappa shape index (κ3) is 3.32. The van der Waals surface area contributed by atoms with Gasteiger partial charge < -0.3 is 10.4 Å². The predicted octanol–water partition coefficient (Wildman–Crippen LogP) is 3.71. The van der Waals surface area contributed by atoms with Crippen LogP contribution in [0.2, 0.25) is 5.02 Å². The number of para-hydroxylation sites is 2. The van der Waals surface area contributed by atoms with E-state index in [1.165, 1.54) is 18.0 Å². The van der Waals surface area contributed by atoms with Crippen LogP contribution < -0.4 is 10.2 Å². The standard InChI is InChI=1S/C15H13ClN2O3/c1-18(13-9-5-2-6-10(13)14(19)20)15(21)17-12-8-4-3-7-11(12)16/h2-9H,1H3,(H,17,21)(H,19,20). The molecule has 21 heavy (non-hydrogen) atoms. The van der Waals surface area contributed by atoms with Crippen LogP contribution >= 0.6 is 11.6 Å². The Morgan fingerprint density at radius 1 is 1.10 bits per heavy atom. The first-order valence-corrected chi connectivity index (χ1v) is 6.50. The number of rotatable bonds is 3. The molecule has 6 heteroatoms. The summed E-state index contributed by atoms with van der Waals surface area (Å²) in [4.78, 5) is 24.6. The zero-order valence-corrected chi connectivity index (χ0v) is 12.0. The minimum atomic E-state index is -1.09. The van der Waals surface area contributed by atoms with E-state index in [9.17, 15) is 9.59 Å². The number of carbonyl (C=O) groups excluding carboxylic acids is 1. The van der Waals surface area contributed by atoms with Crippen molar-refractivity contribution in [2.75, 3.05) is 17.3 Å². The summed E-state index contributed by atoms with van der Waals surface area (Å²) in [7, 11) is 1.49. The largest absolute Gasteiger partial charge is 0.478 e. The van der Waals surface area contributed by atoms with Crippen molar-refractivity contribution in [3.63, 3.8) is 0 Å². The van der Waals surface area contributed by atoms with Crippen LogP contribution in [0.4, 0.5) is 16.2 Å². The summed E-state index contributed by atoms with van der Waals surface area (Å²) < 4.78 is 0. The van der Waals surface area contributed by atoms with Crippen LogP contribution in [0.5, 0.6) is 0 Å². The Bertz CT molecular complexity index is 688. The molecule has 0 radical (unpaired) electrons. The van der Waals surface area contributed by atoms with E-state index >= 15 is 0 Å². The molecule has 0 aromatic heterocycles. The third-order valence-corrected chi connectivity index (χ3v) is 3.25. The number of halogens is 1. The molecule has 2 N–H and O–H groups in total. The Balaban J connectivity index is 2.24. The second-order valence-electron chi connectivity index (χ2n) is 4.29. The molecule has 2 aromatic carbocycles. The zero-order valence-electron chi connectivity index (χ0n) is 11.2. The summed E-state index contributed by atoms with van der Waals surface area (Å²) >= 11 is 5.97. The number of amides is 2. The van der Waals surface area contributed by atoms with Gasteiger partial charge in [-0.25, -0.2) is 9.59 Å². The van der Waals surface area contributed by atoms with Crippen LogP contribution in [0.3, 0.4) is 0 Å². The van der Waals surface area contributed by atoms with Crippen LogP contribution in [0.25, 0.3) is 0 Å². The van der Waals surface area contributed by atoms with Gasteiger partial charge in [0.25, 0.3) is 0 Å². The van der Waals surface area contributed by atoms with Gasteiger partial charge in [0, 0.05) is 7.05 Å². The van der Waals surface area contributed by atoms with Crippen LogP contribution in [-0.4, -0.2) is 24.2 Å². The zero-order chi connectivity index (χ0) is 15.4. The lowest BCUT2D eigenvalue weighted by Crippen LogP contribution is -2.32. The molecular weight excluding hydrogens is 292 g/mol. The fraction of sp³-hybridized carbons (Fsp3) is 0.0667. The first-order valence-electron chi connectivity index (χ1n) is 6.12. The predicted molar refractivity (Wildman–Crippen MR) is 82.3 cm³/mol. The highest BCUT2D eigenvalue weighted by Gasteiger charge is 2.18. The number of nitrogens with one attached hydrogen (secondary N) is 1. The molecule has 0 saturated heterocycles. The van der Waals surface area contributed by atoms with Crippen molar-refractivity contribution in [1.82, 2.24) is 0 Å². The number of carboxylic acids is 1. The average Bonchev–Trinajstić information content (AvgIpc) is 2.48. The number of benzene rings is 2. The summed E-state index contributed by atoms with van der Waals surface area (Å²) in [5, 5.41) is 12.2. The minimum absolute atomic E-state index is 0.0503. The van der Waals surface area contributed by atoms with Gasteiger partial charge in [-0.05, 0) is 24.3 Å². The number of anilines is 2. The Morgan fingerprint density at radius 3 is 2.38 bits per heavy atom. The van der Waals surface area contributed by atoms with Gasteiger partial charge in [0.05, 0.1) is 22.0 Å². The molecule has 0 heterocycles. The number of carboxylic acid groups (broad SMARTS) is 1. The number of aromatic carboxylic acids is 1. The van der Waals surface area contributed by atoms with E-state index in [1.807, 2.05) is 0 Å². The van der Waals surface area contributed by atoms with E-state index in [0.717, 1.165) is 0 Å². The Morgan fingerprint density at radius 2 is 1.71 bits per heavy atom. The van der Waals surface area contributed by atoms with Crippen molar-refractivity contribution in [3.05, 3.63) is 59.1 Å². The SMILES string of the molecule is CN(C(=O)Nc1ccccc1Cl)c1ccccc1C(=O)O. The highest BCUT2D eigenvalue weighted by molar-refractivity contribution is 6.33. The molecular formula is C15H13ClN2O3. The van der Waals surface area contributed by atoms with Crippen LogP contribution in [0.15, 0.2) is 48.5 Å². The van der Waals surface area contributed by atoms with E-state index in [2.05, 4.69) is 5.32 Å². The van der Waals surface area contributed by atoms with Gasteiger partial charge in [0.1, 0.15) is 0 Å². The molecule has 0 aliphatic carbocycles. The van der Waals surface area contributed by atoms with Crippen LogP contribution in [0, 0.1) is 0 Å². The molecule has 0 atom stereocenters. The first kappa shape index (κ1) is 14.9. The maximum absolute atomic E-state index is 12.2. The first-order chi connectivity index (χ1) is 10.0. The van der Waals surface area contributed by atoms with Crippen LogP contribution in [0.1, 0.15) is 10.4 Å². The number of hydrogen-bond acceptors (Lipinski definition) is 2. The smallest absolute Gasteiger partial charge is 0.337 e. The lowest BCUT2D eigenvalue weighted by molar-refractivity contribution is 0.0697. The fourth-order valence-corrected chi connectivity index (χ4v) is 2.00. The third-order valence-electron chi connectivity index (χ3n) is 2.92. The molecule has 5 nitrogen and oxygen atoms in total. The molecule has 0 spiro atoms. The van der Waals surface area contributed by atoms with E-state index in [1.54, 1.807) is 42.5 Å². The summed E-state index contributed by atoms with van der Waals surface area (Å²) in [6.07, 6.45) is 0. The highest BCUT2D eigenvalue weighted by Crippen LogP contribution is 2.23. The Kier molecular flexibility index (Phi) is 4.45. The molecule has 0 aliphatic heterocycles. The summed E-state index contributed by atoms with van der Waals surface area (Å²) in [6.45, 7) is 0.